The zero-order valence-electron chi connectivity index (χ0n) is 15.4. The Kier molecular flexibility index (Phi) is 5.19. The molecule has 0 saturated heterocycles. The molecule has 0 fully saturated rings. The van der Waals surface area contributed by atoms with E-state index in [2.05, 4.69) is 25.5 Å². The highest BCUT2D eigenvalue weighted by molar-refractivity contribution is 8.00. The predicted octanol–water partition coefficient (Wildman–Crippen LogP) is 4.98. The summed E-state index contributed by atoms with van der Waals surface area (Å²) in [5.74, 6) is -0.113. The molecule has 0 aliphatic carbocycles. The van der Waals surface area contributed by atoms with Crippen molar-refractivity contribution < 1.29 is 4.79 Å². The first-order valence-corrected chi connectivity index (χ1v) is 10.2. The summed E-state index contributed by atoms with van der Waals surface area (Å²) in [6, 6.07) is 13.3. The van der Waals surface area contributed by atoms with Gasteiger partial charge < -0.3 is 10.3 Å². The largest absolute Gasteiger partial charge is 0.338 e. The molecule has 1 atom stereocenters. The lowest BCUT2D eigenvalue weighted by Gasteiger charge is -2.15. The van der Waals surface area contributed by atoms with E-state index in [0.717, 1.165) is 22.0 Å². The van der Waals surface area contributed by atoms with E-state index in [0.29, 0.717) is 27.9 Å². The molecule has 0 saturated carbocycles. The number of carbonyl (C=O) groups is 1. The number of aryl methyl sites for hydroxylation is 1. The molecule has 2 N–H and O–H groups in total. The maximum Gasteiger partial charge on any atom is 0.237 e. The minimum atomic E-state index is -0.345. The summed E-state index contributed by atoms with van der Waals surface area (Å²) in [5.41, 5.74) is 4.02. The van der Waals surface area contributed by atoms with E-state index < -0.39 is 0 Å². The summed E-state index contributed by atoms with van der Waals surface area (Å²) in [4.78, 5) is 20.6. The number of aromatic amines is 1. The van der Waals surface area contributed by atoms with Gasteiger partial charge in [-0.1, -0.05) is 54.6 Å². The summed E-state index contributed by atoms with van der Waals surface area (Å²) in [5, 5.41) is 13.2. The standard InChI is InChI=1S/C20H18ClN5OS/c1-3-16(19(27)23-15-10-12(21)9-8-11(15)2)28-20-24-18-17(25-26-20)13-6-4-5-7-14(13)22-18/h4-10,16H,3H2,1-2H3,(H,23,27)(H,22,24,26). The summed E-state index contributed by atoms with van der Waals surface area (Å²) >= 11 is 7.35. The van der Waals surface area contributed by atoms with Gasteiger partial charge in [-0.2, -0.15) is 0 Å². The number of amides is 1. The van der Waals surface area contributed by atoms with Crippen LogP contribution >= 0.6 is 23.4 Å². The molecule has 4 aromatic rings. The molecule has 8 heteroatoms. The lowest BCUT2D eigenvalue weighted by molar-refractivity contribution is -0.115. The second-order valence-corrected chi connectivity index (χ2v) is 8.03. The number of fused-ring (bicyclic) bond motifs is 3. The Bertz CT molecular complexity index is 1180. The number of rotatable bonds is 5. The van der Waals surface area contributed by atoms with Gasteiger partial charge in [0.15, 0.2) is 5.65 Å². The van der Waals surface area contributed by atoms with Gasteiger partial charge in [0.1, 0.15) is 5.52 Å². The molecule has 0 aliphatic heterocycles. The fourth-order valence-electron chi connectivity index (χ4n) is 2.95. The number of thioether (sulfide) groups is 1. The minimum absolute atomic E-state index is 0.113. The highest BCUT2D eigenvalue weighted by Gasteiger charge is 2.21. The molecule has 0 spiro atoms. The average Bonchev–Trinajstić information content (AvgIpc) is 3.06. The fourth-order valence-corrected chi connectivity index (χ4v) is 3.94. The molecule has 4 rings (SSSR count). The Morgan fingerprint density at radius 3 is 2.89 bits per heavy atom. The van der Waals surface area contributed by atoms with E-state index in [9.17, 15) is 4.79 Å². The van der Waals surface area contributed by atoms with E-state index in [1.54, 1.807) is 12.1 Å². The van der Waals surface area contributed by atoms with Gasteiger partial charge in [-0.05, 0) is 37.1 Å². The van der Waals surface area contributed by atoms with Crippen molar-refractivity contribution in [2.45, 2.75) is 30.7 Å². The molecule has 2 aromatic heterocycles. The monoisotopic (exact) mass is 411 g/mol. The predicted molar refractivity (Wildman–Crippen MR) is 114 cm³/mol. The third kappa shape index (κ3) is 3.68. The summed E-state index contributed by atoms with van der Waals surface area (Å²) < 4.78 is 0. The molecule has 2 heterocycles. The van der Waals surface area contributed by atoms with E-state index >= 15 is 0 Å². The van der Waals surface area contributed by atoms with Gasteiger partial charge in [-0.25, -0.2) is 4.98 Å². The average molecular weight is 412 g/mol. The van der Waals surface area contributed by atoms with Crippen molar-refractivity contribution in [3.8, 4) is 0 Å². The van der Waals surface area contributed by atoms with Crippen molar-refractivity contribution in [2.75, 3.05) is 5.32 Å². The van der Waals surface area contributed by atoms with E-state index in [1.807, 2.05) is 44.2 Å². The number of nitrogens with zero attached hydrogens (tertiary/aromatic N) is 3. The zero-order valence-corrected chi connectivity index (χ0v) is 16.9. The van der Waals surface area contributed by atoms with Crippen molar-refractivity contribution in [3.05, 3.63) is 53.1 Å². The van der Waals surface area contributed by atoms with Gasteiger partial charge in [0.2, 0.25) is 11.1 Å². The molecule has 6 nitrogen and oxygen atoms in total. The van der Waals surface area contributed by atoms with E-state index in [-0.39, 0.29) is 11.2 Å². The van der Waals surface area contributed by atoms with Crippen molar-refractivity contribution in [1.82, 2.24) is 20.2 Å². The lowest BCUT2D eigenvalue weighted by Crippen LogP contribution is -2.25. The van der Waals surface area contributed by atoms with E-state index in [1.165, 1.54) is 11.8 Å². The van der Waals surface area contributed by atoms with Crippen LogP contribution in [0.2, 0.25) is 5.02 Å². The van der Waals surface area contributed by atoms with Crippen LogP contribution in [-0.4, -0.2) is 31.3 Å². The third-order valence-electron chi connectivity index (χ3n) is 4.47. The number of nitrogens with one attached hydrogen (secondary N) is 2. The zero-order chi connectivity index (χ0) is 19.7. The highest BCUT2D eigenvalue weighted by atomic mass is 35.5. The van der Waals surface area contributed by atoms with Crippen molar-refractivity contribution in [1.29, 1.82) is 0 Å². The Balaban J connectivity index is 1.56. The van der Waals surface area contributed by atoms with Crippen LogP contribution in [0.5, 0.6) is 0 Å². The molecule has 1 amide bonds. The maximum absolute atomic E-state index is 12.8. The van der Waals surface area contributed by atoms with Crippen LogP contribution in [0, 0.1) is 6.92 Å². The van der Waals surface area contributed by atoms with Crippen LogP contribution in [0.15, 0.2) is 47.6 Å². The first kappa shape index (κ1) is 18.7. The Hall–Kier alpha value is -2.64. The fraction of sp³-hybridized carbons (Fsp3) is 0.200. The van der Waals surface area contributed by atoms with Crippen molar-refractivity contribution >= 4 is 57.0 Å². The number of H-pyrrole nitrogens is 1. The molecule has 0 aliphatic rings. The number of carbonyl (C=O) groups excluding carboxylic acids is 1. The molecular formula is C20H18ClN5OS. The maximum atomic E-state index is 12.8. The Morgan fingerprint density at radius 2 is 2.07 bits per heavy atom. The van der Waals surface area contributed by atoms with Crippen LogP contribution in [0.1, 0.15) is 18.9 Å². The summed E-state index contributed by atoms with van der Waals surface area (Å²) in [6.45, 7) is 3.88. The highest BCUT2D eigenvalue weighted by Crippen LogP contribution is 2.28. The van der Waals surface area contributed by atoms with Crippen LogP contribution in [0.4, 0.5) is 5.69 Å². The molecular weight excluding hydrogens is 394 g/mol. The molecule has 0 bridgehead atoms. The number of aromatic nitrogens is 4. The number of hydrogen-bond donors (Lipinski definition) is 2. The summed E-state index contributed by atoms with van der Waals surface area (Å²) in [7, 11) is 0. The van der Waals surface area contributed by atoms with Gasteiger partial charge in [0.25, 0.3) is 0 Å². The first-order valence-electron chi connectivity index (χ1n) is 8.90. The molecule has 142 valence electrons. The topological polar surface area (TPSA) is 83.6 Å². The second-order valence-electron chi connectivity index (χ2n) is 6.43. The quantitative estimate of drug-likeness (QED) is 0.452. The Labute approximate surface area is 171 Å². The number of halogens is 1. The molecule has 0 radical (unpaired) electrons. The molecule has 1 unspecified atom stereocenters. The SMILES string of the molecule is CCC(Sc1nnc2c(n1)[nH]c1ccccc12)C(=O)Nc1cc(Cl)ccc1C. The van der Waals surface area contributed by atoms with E-state index in [4.69, 9.17) is 11.6 Å². The van der Waals surface area contributed by atoms with Gasteiger partial charge >= 0.3 is 0 Å². The Morgan fingerprint density at radius 1 is 1.25 bits per heavy atom. The second kappa shape index (κ2) is 7.77. The molecule has 28 heavy (non-hydrogen) atoms. The minimum Gasteiger partial charge on any atom is -0.338 e. The molecule has 2 aromatic carbocycles. The van der Waals surface area contributed by atoms with Gasteiger partial charge in [-0.15, -0.1) is 10.2 Å². The van der Waals surface area contributed by atoms with Crippen molar-refractivity contribution in [2.24, 2.45) is 0 Å². The van der Waals surface area contributed by atoms with Crippen LogP contribution < -0.4 is 5.32 Å². The normalized spacial score (nSPS) is 12.4. The smallest absolute Gasteiger partial charge is 0.237 e. The van der Waals surface area contributed by atoms with Crippen LogP contribution in [-0.2, 0) is 4.79 Å². The number of hydrogen-bond acceptors (Lipinski definition) is 5. The lowest BCUT2D eigenvalue weighted by atomic mass is 10.2. The number of para-hydroxylation sites is 1. The van der Waals surface area contributed by atoms with Crippen LogP contribution in [0.3, 0.4) is 0 Å². The van der Waals surface area contributed by atoms with Gasteiger partial charge in [-0.3, -0.25) is 4.79 Å². The first-order chi connectivity index (χ1) is 13.5. The van der Waals surface area contributed by atoms with Crippen molar-refractivity contribution in [3.63, 3.8) is 0 Å². The van der Waals surface area contributed by atoms with Crippen LogP contribution in [0.25, 0.3) is 22.1 Å². The number of benzene rings is 2. The third-order valence-corrected chi connectivity index (χ3v) is 5.92. The summed E-state index contributed by atoms with van der Waals surface area (Å²) in [6.07, 6.45) is 0.629. The van der Waals surface area contributed by atoms with Gasteiger partial charge in [0.05, 0.1) is 5.25 Å². The van der Waals surface area contributed by atoms with Gasteiger partial charge in [0, 0.05) is 21.6 Å². The number of anilines is 1.